The highest BCUT2D eigenvalue weighted by Gasteiger charge is 2.30. The molecule has 0 bridgehead atoms. The molecule has 2 saturated heterocycles. The summed E-state index contributed by atoms with van der Waals surface area (Å²) in [5.41, 5.74) is 18.1. The van der Waals surface area contributed by atoms with Crippen molar-refractivity contribution in [1.29, 1.82) is 0 Å². The van der Waals surface area contributed by atoms with Crippen LogP contribution in [0.3, 0.4) is 0 Å². The van der Waals surface area contributed by atoms with Crippen LogP contribution >= 0.6 is 11.3 Å². The second kappa shape index (κ2) is 13.8. The Hall–Kier alpha value is -4.90. The first-order chi connectivity index (χ1) is 22.7. The Morgan fingerprint density at radius 2 is 1.47 bits per heavy atom. The quantitative estimate of drug-likeness (QED) is 0.194. The van der Waals surface area contributed by atoms with Gasteiger partial charge >= 0.3 is 0 Å². The first-order valence-electron chi connectivity index (χ1n) is 16.0. The molecule has 10 nitrogen and oxygen atoms in total. The van der Waals surface area contributed by atoms with Crippen LogP contribution in [0, 0.1) is 6.92 Å². The molecule has 2 amide bonds. The number of nitrogens with zero attached hydrogens (tertiary/aromatic N) is 4. The van der Waals surface area contributed by atoms with Crippen molar-refractivity contribution in [3.8, 4) is 22.6 Å². The highest BCUT2D eigenvalue weighted by atomic mass is 32.1. The summed E-state index contributed by atoms with van der Waals surface area (Å²) in [7, 11) is 0. The molecule has 0 aliphatic carbocycles. The normalized spacial score (nSPS) is 18.4. The predicted octanol–water partition coefficient (Wildman–Crippen LogP) is 4.67. The monoisotopic (exact) mass is 654 g/mol. The smallest absolute Gasteiger partial charge is 0.219 e. The molecule has 47 heavy (non-hydrogen) atoms. The molecule has 2 fully saturated rings. The maximum atomic E-state index is 11.9. The van der Waals surface area contributed by atoms with Gasteiger partial charge in [-0.1, -0.05) is 18.2 Å². The number of hydrogen-bond donors (Lipinski definition) is 4. The van der Waals surface area contributed by atoms with Gasteiger partial charge in [-0.2, -0.15) is 0 Å². The number of carbonyl (C=O) groups is 2. The van der Waals surface area contributed by atoms with Gasteiger partial charge in [-0.05, 0) is 66.2 Å². The Morgan fingerprint density at radius 3 is 2.13 bits per heavy atom. The highest BCUT2D eigenvalue weighted by Crippen LogP contribution is 2.37. The number of benzene rings is 3. The summed E-state index contributed by atoms with van der Waals surface area (Å²) in [5, 5.41) is 25.6. The van der Waals surface area contributed by atoms with Crippen molar-refractivity contribution in [2.75, 3.05) is 58.9 Å². The summed E-state index contributed by atoms with van der Waals surface area (Å²) in [6.45, 7) is 6.52. The molecule has 6 rings (SSSR count). The number of aryl methyl sites for hydroxylation is 1. The largest absolute Gasteiger partial charge is 0.508 e. The molecular weight excluding hydrogens is 613 g/mol. The zero-order valence-electron chi connectivity index (χ0n) is 26.6. The fraction of sp³-hybridized carbons (Fsp3) is 0.333. The van der Waals surface area contributed by atoms with Crippen molar-refractivity contribution in [3.63, 3.8) is 0 Å². The number of piperazine rings is 2. The van der Waals surface area contributed by atoms with Crippen molar-refractivity contribution in [2.24, 2.45) is 11.5 Å². The van der Waals surface area contributed by atoms with Crippen LogP contribution in [0.15, 0.2) is 77.5 Å². The Morgan fingerprint density at radius 1 is 0.787 bits per heavy atom. The van der Waals surface area contributed by atoms with E-state index < -0.39 is 0 Å². The summed E-state index contributed by atoms with van der Waals surface area (Å²) >= 11 is 1.70. The third kappa shape index (κ3) is 7.25. The van der Waals surface area contributed by atoms with Gasteiger partial charge in [0.1, 0.15) is 11.5 Å². The van der Waals surface area contributed by atoms with Gasteiger partial charge in [0.05, 0.1) is 11.7 Å². The number of anilines is 4. The molecule has 11 heteroatoms. The molecule has 3 heterocycles. The standard InChI is InChI=1S/C36H42N6O4S/c1-24-22-47-23-33(24)40-14-16-41(29(20-40)10-12-35(37)45)28-9-11-32(34(44)18-28)25-5-7-26(8-6-25)39-13-15-42(30(21-39)19-36(38)46)27-3-2-4-31(43)17-27/h2-9,11,17-18,22-23,29-30,43-44H,10,12-16,19-21H2,1H3,(H2,37,45)(H2,38,46). The second-order valence-corrected chi connectivity index (χ2v) is 13.2. The summed E-state index contributed by atoms with van der Waals surface area (Å²) in [5.74, 6) is -0.294. The SMILES string of the molecule is Cc1cscc1N1CCN(c2ccc(-c3ccc(N4CCN(c5cccc(O)c5)C(CC(N)=O)C4)cc3)c(O)c2)C(CCC(N)=O)C1. The van der Waals surface area contributed by atoms with E-state index in [2.05, 4.69) is 37.3 Å². The third-order valence-electron chi connectivity index (χ3n) is 9.31. The first kappa shape index (κ1) is 32.1. The van der Waals surface area contributed by atoms with Crippen molar-refractivity contribution < 1.29 is 19.8 Å². The predicted molar refractivity (Wildman–Crippen MR) is 190 cm³/mol. The summed E-state index contributed by atoms with van der Waals surface area (Å²) < 4.78 is 0. The first-order valence-corrected chi connectivity index (χ1v) is 17.0. The van der Waals surface area contributed by atoms with E-state index >= 15 is 0 Å². The minimum absolute atomic E-state index is 0.0755. The average Bonchev–Trinajstić information content (AvgIpc) is 3.49. The van der Waals surface area contributed by atoms with Crippen LogP contribution < -0.4 is 31.1 Å². The molecule has 6 N–H and O–H groups in total. The van der Waals surface area contributed by atoms with Crippen LogP contribution in [0.4, 0.5) is 22.7 Å². The Kier molecular flexibility index (Phi) is 9.44. The molecule has 0 spiro atoms. The van der Waals surface area contributed by atoms with E-state index in [-0.39, 0.29) is 41.8 Å². The molecule has 2 atom stereocenters. The van der Waals surface area contributed by atoms with Crippen molar-refractivity contribution in [3.05, 3.63) is 83.1 Å². The molecule has 3 aromatic carbocycles. The molecule has 0 radical (unpaired) electrons. The van der Waals surface area contributed by atoms with Crippen LogP contribution in [0.25, 0.3) is 11.1 Å². The van der Waals surface area contributed by atoms with Gasteiger partial charge < -0.3 is 41.3 Å². The second-order valence-electron chi connectivity index (χ2n) is 12.5. The van der Waals surface area contributed by atoms with Gasteiger partial charge in [-0.15, -0.1) is 11.3 Å². The Balaban J connectivity index is 1.16. The van der Waals surface area contributed by atoms with Gasteiger partial charge in [0.15, 0.2) is 0 Å². The van der Waals surface area contributed by atoms with E-state index in [1.807, 2.05) is 48.5 Å². The molecular formula is C36H42N6O4S. The van der Waals surface area contributed by atoms with Crippen molar-refractivity contribution >= 4 is 45.9 Å². The van der Waals surface area contributed by atoms with Gasteiger partial charge in [-0.25, -0.2) is 0 Å². The number of phenols is 2. The number of thiophene rings is 1. The zero-order valence-corrected chi connectivity index (χ0v) is 27.4. The minimum Gasteiger partial charge on any atom is -0.508 e. The molecule has 4 aromatic rings. The lowest BCUT2D eigenvalue weighted by Gasteiger charge is -2.44. The van der Waals surface area contributed by atoms with Crippen LogP contribution in [0.5, 0.6) is 11.5 Å². The highest BCUT2D eigenvalue weighted by molar-refractivity contribution is 7.08. The van der Waals surface area contributed by atoms with E-state index in [1.165, 1.54) is 11.3 Å². The van der Waals surface area contributed by atoms with Crippen LogP contribution in [0.1, 0.15) is 24.8 Å². The lowest BCUT2D eigenvalue weighted by molar-refractivity contribution is -0.119. The Labute approximate surface area is 279 Å². The van der Waals surface area contributed by atoms with Crippen molar-refractivity contribution in [2.45, 2.75) is 38.3 Å². The maximum Gasteiger partial charge on any atom is 0.219 e. The fourth-order valence-corrected chi connectivity index (χ4v) is 7.81. The van der Waals surface area contributed by atoms with Crippen molar-refractivity contribution in [1.82, 2.24) is 0 Å². The molecule has 2 aliphatic heterocycles. The summed E-state index contributed by atoms with van der Waals surface area (Å²) in [4.78, 5) is 32.7. The van der Waals surface area contributed by atoms with E-state index in [0.29, 0.717) is 25.9 Å². The van der Waals surface area contributed by atoms with Gasteiger partial charge in [-0.3, -0.25) is 9.59 Å². The molecule has 246 valence electrons. The number of carbonyl (C=O) groups excluding carboxylic acids is 2. The number of phenolic OH excluding ortho intramolecular Hbond substituents is 2. The molecule has 0 saturated carbocycles. The average molecular weight is 655 g/mol. The van der Waals surface area contributed by atoms with E-state index in [1.54, 1.807) is 29.5 Å². The van der Waals surface area contributed by atoms with E-state index in [4.69, 9.17) is 11.5 Å². The van der Waals surface area contributed by atoms with Gasteiger partial charge in [0.2, 0.25) is 11.8 Å². The number of hydrogen-bond acceptors (Lipinski definition) is 9. The van der Waals surface area contributed by atoms with Gasteiger partial charge in [0.25, 0.3) is 0 Å². The summed E-state index contributed by atoms with van der Waals surface area (Å²) in [6.07, 6.45) is 1.15. The molecule has 2 aliphatic rings. The number of nitrogens with two attached hydrogens (primary N) is 2. The number of aromatic hydroxyl groups is 2. The maximum absolute atomic E-state index is 11.9. The van der Waals surface area contributed by atoms with E-state index in [9.17, 15) is 19.8 Å². The number of primary amides is 2. The number of amides is 2. The van der Waals surface area contributed by atoms with Crippen LogP contribution in [-0.4, -0.2) is 73.4 Å². The fourth-order valence-electron chi connectivity index (χ4n) is 6.95. The lowest BCUT2D eigenvalue weighted by atomic mass is 10.0. The molecule has 2 unspecified atom stereocenters. The Bertz CT molecular complexity index is 1730. The number of rotatable bonds is 10. The van der Waals surface area contributed by atoms with Crippen LogP contribution in [0.2, 0.25) is 0 Å². The molecule has 1 aromatic heterocycles. The summed E-state index contributed by atoms with van der Waals surface area (Å²) in [6, 6.07) is 20.9. The van der Waals surface area contributed by atoms with Crippen LogP contribution in [-0.2, 0) is 9.59 Å². The topological polar surface area (TPSA) is 140 Å². The van der Waals surface area contributed by atoms with E-state index in [0.717, 1.165) is 54.4 Å². The third-order valence-corrected chi connectivity index (χ3v) is 10.2. The minimum atomic E-state index is -0.366. The van der Waals surface area contributed by atoms with Gasteiger partial charge in [0, 0.05) is 98.3 Å². The zero-order chi connectivity index (χ0) is 33.1. The lowest BCUT2D eigenvalue weighted by Crippen LogP contribution is -2.54.